The Balaban J connectivity index is 1.96. The van der Waals surface area contributed by atoms with Crippen LogP contribution < -0.4 is 14.8 Å². The molecule has 0 amide bonds. The molecule has 0 atom stereocenters. The summed E-state index contributed by atoms with van der Waals surface area (Å²) in [6.07, 6.45) is 0. The van der Waals surface area contributed by atoms with Crippen molar-refractivity contribution in [2.45, 2.75) is 13.1 Å². The zero-order valence-corrected chi connectivity index (χ0v) is 11.3. The molecule has 3 heteroatoms. The topological polar surface area (TPSA) is 30.5 Å². The fourth-order valence-corrected chi connectivity index (χ4v) is 1.94. The minimum atomic E-state index is 0.766. The van der Waals surface area contributed by atoms with Gasteiger partial charge in [0.25, 0.3) is 0 Å². The predicted molar refractivity (Wildman–Crippen MR) is 76.5 cm³/mol. The van der Waals surface area contributed by atoms with E-state index in [0.717, 1.165) is 30.2 Å². The molecular formula is C16H19NO2. The molecule has 19 heavy (non-hydrogen) atoms. The van der Waals surface area contributed by atoms with Crippen LogP contribution >= 0.6 is 0 Å². The molecule has 2 aromatic rings. The fourth-order valence-electron chi connectivity index (χ4n) is 1.94. The SMILES string of the molecule is COc1ccc(CNCc2ccccc2)c(OC)c1. The monoisotopic (exact) mass is 257 g/mol. The van der Waals surface area contributed by atoms with Crippen LogP contribution in [0.2, 0.25) is 0 Å². The Morgan fingerprint density at radius 2 is 1.68 bits per heavy atom. The van der Waals surface area contributed by atoms with E-state index in [1.807, 2.05) is 36.4 Å². The van der Waals surface area contributed by atoms with Gasteiger partial charge in [0.2, 0.25) is 0 Å². The van der Waals surface area contributed by atoms with Crippen LogP contribution in [0.3, 0.4) is 0 Å². The van der Waals surface area contributed by atoms with Gasteiger partial charge in [0, 0.05) is 24.7 Å². The largest absolute Gasteiger partial charge is 0.497 e. The summed E-state index contributed by atoms with van der Waals surface area (Å²) in [5, 5.41) is 3.41. The van der Waals surface area contributed by atoms with E-state index in [1.165, 1.54) is 5.56 Å². The Morgan fingerprint density at radius 3 is 2.37 bits per heavy atom. The Kier molecular flexibility index (Phi) is 4.81. The van der Waals surface area contributed by atoms with Crippen molar-refractivity contribution in [1.82, 2.24) is 5.32 Å². The number of hydrogen-bond donors (Lipinski definition) is 1. The Bertz CT molecular complexity index is 511. The molecule has 0 radical (unpaired) electrons. The first-order chi connectivity index (χ1) is 9.33. The lowest BCUT2D eigenvalue weighted by Crippen LogP contribution is -2.13. The van der Waals surface area contributed by atoms with Crippen LogP contribution in [0.1, 0.15) is 11.1 Å². The second kappa shape index (κ2) is 6.81. The van der Waals surface area contributed by atoms with Crippen LogP contribution in [0.25, 0.3) is 0 Å². The van der Waals surface area contributed by atoms with Crippen molar-refractivity contribution >= 4 is 0 Å². The molecule has 100 valence electrons. The Labute approximate surface area is 114 Å². The molecule has 0 aliphatic carbocycles. The second-order valence-electron chi connectivity index (χ2n) is 4.27. The number of nitrogens with one attached hydrogen (secondary N) is 1. The van der Waals surface area contributed by atoms with Gasteiger partial charge in [0.1, 0.15) is 11.5 Å². The van der Waals surface area contributed by atoms with Crippen LogP contribution in [0.4, 0.5) is 0 Å². The van der Waals surface area contributed by atoms with Crippen molar-refractivity contribution in [2.24, 2.45) is 0 Å². The van der Waals surface area contributed by atoms with E-state index in [9.17, 15) is 0 Å². The molecule has 2 aromatic carbocycles. The van der Waals surface area contributed by atoms with Gasteiger partial charge in [0.15, 0.2) is 0 Å². The van der Waals surface area contributed by atoms with Crippen molar-refractivity contribution < 1.29 is 9.47 Å². The number of rotatable bonds is 6. The molecule has 0 fully saturated rings. The lowest BCUT2D eigenvalue weighted by atomic mass is 10.1. The summed E-state index contributed by atoms with van der Waals surface area (Å²) < 4.78 is 10.6. The van der Waals surface area contributed by atoms with Gasteiger partial charge in [-0.2, -0.15) is 0 Å². The average Bonchev–Trinajstić information content (AvgIpc) is 2.48. The summed E-state index contributed by atoms with van der Waals surface area (Å²) in [5.74, 6) is 1.66. The van der Waals surface area contributed by atoms with Gasteiger partial charge in [-0.1, -0.05) is 36.4 Å². The average molecular weight is 257 g/mol. The van der Waals surface area contributed by atoms with E-state index in [0.29, 0.717) is 0 Å². The van der Waals surface area contributed by atoms with E-state index >= 15 is 0 Å². The number of ether oxygens (including phenoxy) is 2. The van der Waals surface area contributed by atoms with Crippen LogP contribution in [0.5, 0.6) is 11.5 Å². The molecule has 0 spiro atoms. The molecule has 0 saturated carbocycles. The summed E-state index contributed by atoms with van der Waals surface area (Å²) in [6, 6.07) is 16.2. The van der Waals surface area contributed by atoms with Gasteiger partial charge in [-0.25, -0.2) is 0 Å². The van der Waals surface area contributed by atoms with Crippen LogP contribution in [0, 0.1) is 0 Å². The van der Waals surface area contributed by atoms with Gasteiger partial charge in [-0.3, -0.25) is 0 Å². The highest BCUT2D eigenvalue weighted by atomic mass is 16.5. The number of hydrogen-bond acceptors (Lipinski definition) is 3. The van der Waals surface area contributed by atoms with E-state index < -0.39 is 0 Å². The van der Waals surface area contributed by atoms with Gasteiger partial charge in [0.05, 0.1) is 14.2 Å². The molecule has 3 nitrogen and oxygen atoms in total. The highest BCUT2D eigenvalue weighted by Gasteiger charge is 2.04. The standard InChI is InChI=1S/C16H19NO2/c1-18-15-9-8-14(16(10-15)19-2)12-17-11-13-6-4-3-5-7-13/h3-10,17H,11-12H2,1-2H3. The first kappa shape index (κ1) is 13.4. The third-order valence-corrected chi connectivity index (χ3v) is 2.98. The summed E-state index contributed by atoms with van der Waals surface area (Å²) in [7, 11) is 3.33. The highest BCUT2D eigenvalue weighted by molar-refractivity contribution is 5.40. The maximum Gasteiger partial charge on any atom is 0.127 e. The minimum Gasteiger partial charge on any atom is -0.497 e. The van der Waals surface area contributed by atoms with E-state index in [4.69, 9.17) is 9.47 Å². The zero-order chi connectivity index (χ0) is 13.5. The molecule has 0 aliphatic heterocycles. The summed E-state index contributed by atoms with van der Waals surface area (Å²) in [4.78, 5) is 0. The molecule has 0 unspecified atom stereocenters. The first-order valence-electron chi connectivity index (χ1n) is 6.29. The van der Waals surface area contributed by atoms with Gasteiger partial charge >= 0.3 is 0 Å². The summed E-state index contributed by atoms with van der Waals surface area (Å²) in [5.41, 5.74) is 2.40. The van der Waals surface area contributed by atoms with Gasteiger partial charge in [-0.15, -0.1) is 0 Å². The third-order valence-electron chi connectivity index (χ3n) is 2.98. The van der Waals surface area contributed by atoms with E-state index in [2.05, 4.69) is 17.4 Å². The van der Waals surface area contributed by atoms with Crippen molar-refractivity contribution in [2.75, 3.05) is 14.2 Å². The molecule has 0 bridgehead atoms. The van der Waals surface area contributed by atoms with Crippen molar-refractivity contribution in [3.05, 3.63) is 59.7 Å². The fraction of sp³-hybridized carbons (Fsp3) is 0.250. The summed E-state index contributed by atoms with van der Waals surface area (Å²) >= 11 is 0. The van der Waals surface area contributed by atoms with Crippen LogP contribution in [-0.2, 0) is 13.1 Å². The molecule has 0 saturated heterocycles. The Morgan fingerprint density at radius 1 is 0.895 bits per heavy atom. The van der Waals surface area contributed by atoms with Gasteiger partial charge in [-0.05, 0) is 11.6 Å². The predicted octanol–water partition coefficient (Wildman–Crippen LogP) is 2.99. The molecule has 2 rings (SSSR count). The second-order valence-corrected chi connectivity index (χ2v) is 4.27. The Hall–Kier alpha value is -2.00. The third kappa shape index (κ3) is 3.73. The quantitative estimate of drug-likeness (QED) is 0.863. The number of benzene rings is 2. The highest BCUT2D eigenvalue weighted by Crippen LogP contribution is 2.24. The van der Waals surface area contributed by atoms with Gasteiger partial charge < -0.3 is 14.8 Å². The molecule has 0 aliphatic rings. The summed E-state index contributed by atoms with van der Waals surface area (Å²) in [6.45, 7) is 1.61. The van der Waals surface area contributed by atoms with Crippen molar-refractivity contribution in [1.29, 1.82) is 0 Å². The number of methoxy groups -OCH3 is 2. The molecule has 0 heterocycles. The van der Waals surface area contributed by atoms with E-state index in [-0.39, 0.29) is 0 Å². The van der Waals surface area contributed by atoms with Crippen LogP contribution in [0.15, 0.2) is 48.5 Å². The molecular weight excluding hydrogens is 238 g/mol. The maximum atomic E-state index is 5.37. The van der Waals surface area contributed by atoms with Crippen molar-refractivity contribution in [3.8, 4) is 11.5 Å². The van der Waals surface area contributed by atoms with Crippen molar-refractivity contribution in [3.63, 3.8) is 0 Å². The van der Waals surface area contributed by atoms with Crippen LogP contribution in [-0.4, -0.2) is 14.2 Å². The molecule has 1 N–H and O–H groups in total. The first-order valence-corrected chi connectivity index (χ1v) is 6.29. The maximum absolute atomic E-state index is 5.37. The lowest BCUT2D eigenvalue weighted by Gasteiger charge is -2.11. The normalized spacial score (nSPS) is 10.2. The zero-order valence-electron chi connectivity index (χ0n) is 11.3. The molecule has 0 aromatic heterocycles. The minimum absolute atomic E-state index is 0.766. The van der Waals surface area contributed by atoms with E-state index in [1.54, 1.807) is 14.2 Å². The smallest absolute Gasteiger partial charge is 0.127 e. The lowest BCUT2D eigenvalue weighted by molar-refractivity contribution is 0.390.